The van der Waals surface area contributed by atoms with Crippen molar-refractivity contribution in [3.63, 3.8) is 0 Å². The predicted molar refractivity (Wildman–Crippen MR) is 67.9 cm³/mol. The molecule has 1 amide bonds. The van der Waals surface area contributed by atoms with Crippen LogP contribution in [0.3, 0.4) is 0 Å². The molecule has 1 aromatic carbocycles. The van der Waals surface area contributed by atoms with Crippen LogP contribution in [-0.2, 0) is 6.54 Å². The summed E-state index contributed by atoms with van der Waals surface area (Å²) in [6.45, 7) is -0.00488. The highest BCUT2D eigenvalue weighted by atomic mass is 35.5. The van der Waals surface area contributed by atoms with E-state index in [4.69, 9.17) is 17.3 Å². The molecule has 0 unspecified atom stereocenters. The normalized spacial score (nSPS) is 10.2. The van der Waals surface area contributed by atoms with Crippen LogP contribution in [0.5, 0.6) is 0 Å². The van der Waals surface area contributed by atoms with Gasteiger partial charge < -0.3 is 11.1 Å². The number of nitro groups is 1. The number of benzene rings is 1. The van der Waals surface area contributed by atoms with Crippen LogP contribution in [0.2, 0.25) is 5.02 Å². The van der Waals surface area contributed by atoms with Gasteiger partial charge in [0.15, 0.2) is 5.82 Å². The molecule has 0 bridgehead atoms. The van der Waals surface area contributed by atoms with E-state index in [9.17, 15) is 14.9 Å². The van der Waals surface area contributed by atoms with Crippen molar-refractivity contribution in [2.75, 3.05) is 5.73 Å². The van der Waals surface area contributed by atoms with Gasteiger partial charge in [-0.05, 0) is 0 Å². The molecule has 0 atom stereocenters. The smallest absolute Gasteiger partial charge is 0.271 e. The first kappa shape index (κ1) is 13.7. The Labute approximate surface area is 116 Å². The summed E-state index contributed by atoms with van der Waals surface area (Å²) >= 11 is 5.76. The molecule has 0 aliphatic rings. The number of rotatable bonds is 4. The number of nitro benzene ring substituents is 1. The zero-order chi connectivity index (χ0) is 14.7. The molecule has 2 aromatic rings. The summed E-state index contributed by atoms with van der Waals surface area (Å²) in [5, 5.41) is 25.9. The first-order valence-electron chi connectivity index (χ1n) is 5.23. The lowest BCUT2D eigenvalue weighted by Crippen LogP contribution is -2.24. The number of carbonyl (C=O) groups excluding carboxylic acids is 1. The van der Waals surface area contributed by atoms with Crippen molar-refractivity contribution in [2.24, 2.45) is 0 Å². The van der Waals surface area contributed by atoms with Crippen LogP contribution in [0, 0.1) is 10.1 Å². The van der Waals surface area contributed by atoms with Crippen LogP contribution in [0.4, 0.5) is 11.4 Å². The number of aromatic nitrogens is 4. The quantitative estimate of drug-likeness (QED) is 0.416. The molecule has 1 aromatic heterocycles. The van der Waals surface area contributed by atoms with Gasteiger partial charge >= 0.3 is 0 Å². The Morgan fingerprint density at radius 3 is 2.90 bits per heavy atom. The summed E-state index contributed by atoms with van der Waals surface area (Å²) in [5.41, 5.74) is 5.18. The number of carbonyl (C=O) groups is 1. The molecule has 0 saturated heterocycles. The molecule has 1 heterocycles. The Morgan fingerprint density at radius 2 is 2.30 bits per heavy atom. The predicted octanol–water partition coefficient (Wildman–Crippen LogP) is 0.273. The number of tetrazole rings is 1. The van der Waals surface area contributed by atoms with E-state index in [0.29, 0.717) is 0 Å². The molecule has 0 aliphatic heterocycles. The minimum Gasteiger partial charge on any atom is -0.397 e. The molecule has 0 spiro atoms. The first-order valence-corrected chi connectivity index (χ1v) is 5.60. The van der Waals surface area contributed by atoms with Crippen molar-refractivity contribution in [2.45, 2.75) is 6.54 Å². The second kappa shape index (κ2) is 5.48. The van der Waals surface area contributed by atoms with Crippen LogP contribution in [-0.4, -0.2) is 31.5 Å². The Balaban J connectivity index is 2.22. The molecular weight excluding hydrogens is 290 g/mol. The fraction of sp³-hybridized carbons (Fsp3) is 0.111. The first-order chi connectivity index (χ1) is 9.49. The fourth-order valence-corrected chi connectivity index (χ4v) is 1.62. The molecular formula is C9H8ClN7O3. The second-order valence-electron chi connectivity index (χ2n) is 3.66. The number of nitrogens with zero attached hydrogens (tertiary/aromatic N) is 4. The number of hydrogen-bond donors (Lipinski definition) is 3. The van der Waals surface area contributed by atoms with Gasteiger partial charge in [0.2, 0.25) is 0 Å². The van der Waals surface area contributed by atoms with Crippen molar-refractivity contribution in [3.8, 4) is 0 Å². The number of nitrogens with two attached hydrogens (primary N) is 1. The van der Waals surface area contributed by atoms with Crippen LogP contribution >= 0.6 is 11.6 Å². The third kappa shape index (κ3) is 2.80. The third-order valence-electron chi connectivity index (χ3n) is 2.37. The number of non-ortho nitro benzene ring substituents is 1. The van der Waals surface area contributed by atoms with Gasteiger partial charge in [0.1, 0.15) is 0 Å². The highest BCUT2D eigenvalue weighted by molar-refractivity contribution is 6.34. The molecule has 104 valence electrons. The number of amides is 1. The van der Waals surface area contributed by atoms with E-state index in [1.807, 2.05) is 0 Å². The van der Waals surface area contributed by atoms with Crippen LogP contribution < -0.4 is 11.1 Å². The standard InChI is InChI=1S/C9H8ClN7O3/c10-6-2-4(17(19)20)1-5(8(6)11)9(18)12-3-7-13-15-16-14-7/h1-2H,3,11H2,(H,12,18)(H,13,14,15,16). The fourth-order valence-electron chi connectivity index (χ4n) is 1.41. The summed E-state index contributed by atoms with van der Waals surface area (Å²) in [4.78, 5) is 22.0. The highest BCUT2D eigenvalue weighted by Crippen LogP contribution is 2.28. The molecule has 0 radical (unpaired) electrons. The second-order valence-corrected chi connectivity index (χ2v) is 4.06. The van der Waals surface area contributed by atoms with Gasteiger partial charge in [0.05, 0.1) is 27.7 Å². The number of H-pyrrole nitrogens is 1. The van der Waals surface area contributed by atoms with Crippen molar-refractivity contribution in [1.82, 2.24) is 25.9 Å². The summed E-state index contributed by atoms with van der Waals surface area (Å²) in [6, 6.07) is 2.12. The molecule has 11 heteroatoms. The monoisotopic (exact) mass is 297 g/mol. The molecule has 0 saturated carbocycles. The Hall–Kier alpha value is -2.75. The average Bonchev–Trinajstić information content (AvgIpc) is 2.92. The van der Waals surface area contributed by atoms with E-state index in [1.165, 1.54) is 0 Å². The van der Waals surface area contributed by atoms with Gasteiger partial charge in [0, 0.05) is 12.1 Å². The van der Waals surface area contributed by atoms with Crippen LogP contribution in [0.15, 0.2) is 12.1 Å². The number of halogens is 1. The zero-order valence-corrected chi connectivity index (χ0v) is 10.6. The van der Waals surface area contributed by atoms with Gasteiger partial charge in [-0.1, -0.05) is 16.8 Å². The van der Waals surface area contributed by atoms with E-state index in [0.717, 1.165) is 12.1 Å². The van der Waals surface area contributed by atoms with Crippen LogP contribution in [0.25, 0.3) is 0 Å². The zero-order valence-electron chi connectivity index (χ0n) is 9.83. The molecule has 0 aliphatic carbocycles. The minimum absolute atomic E-state index is 0.00488. The maximum Gasteiger partial charge on any atom is 0.271 e. The lowest BCUT2D eigenvalue weighted by molar-refractivity contribution is -0.384. The number of aromatic amines is 1. The largest absolute Gasteiger partial charge is 0.397 e. The molecule has 4 N–H and O–H groups in total. The number of nitrogen functional groups attached to an aromatic ring is 1. The van der Waals surface area contributed by atoms with Gasteiger partial charge in [-0.3, -0.25) is 14.9 Å². The van der Waals surface area contributed by atoms with E-state index in [-0.39, 0.29) is 34.3 Å². The Bertz CT molecular complexity index is 658. The number of hydrogen-bond acceptors (Lipinski definition) is 7. The summed E-state index contributed by atoms with van der Waals surface area (Å²) < 4.78 is 0. The van der Waals surface area contributed by atoms with Gasteiger partial charge in [0.25, 0.3) is 11.6 Å². The maximum atomic E-state index is 11.9. The Kier molecular flexibility index (Phi) is 3.75. The maximum absolute atomic E-state index is 11.9. The van der Waals surface area contributed by atoms with Crippen molar-refractivity contribution in [3.05, 3.63) is 38.7 Å². The third-order valence-corrected chi connectivity index (χ3v) is 2.68. The van der Waals surface area contributed by atoms with Crippen LogP contribution in [0.1, 0.15) is 16.2 Å². The van der Waals surface area contributed by atoms with Gasteiger partial charge in [-0.15, -0.1) is 10.2 Å². The van der Waals surface area contributed by atoms with E-state index >= 15 is 0 Å². The topological polar surface area (TPSA) is 153 Å². The molecule has 20 heavy (non-hydrogen) atoms. The average molecular weight is 298 g/mol. The van der Waals surface area contributed by atoms with E-state index < -0.39 is 10.8 Å². The molecule has 10 nitrogen and oxygen atoms in total. The lowest BCUT2D eigenvalue weighted by atomic mass is 10.1. The number of nitrogens with one attached hydrogen (secondary N) is 2. The summed E-state index contributed by atoms with van der Waals surface area (Å²) in [5.74, 6) is -0.369. The SMILES string of the molecule is Nc1c(Cl)cc([N+](=O)[O-])cc1C(=O)NCc1nn[nH]n1. The van der Waals surface area contributed by atoms with E-state index in [1.54, 1.807) is 0 Å². The lowest BCUT2D eigenvalue weighted by Gasteiger charge is -2.07. The van der Waals surface area contributed by atoms with Crippen molar-refractivity contribution >= 4 is 28.9 Å². The van der Waals surface area contributed by atoms with Crippen molar-refractivity contribution in [1.29, 1.82) is 0 Å². The van der Waals surface area contributed by atoms with Gasteiger partial charge in [-0.2, -0.15) is 5.21 Å². The highest BCUT2D eigenvalue weighted by Gasteiger charge is 2.19. The van der Waals surface area contributed by atoms with Gasteiger partial charge in [-0.25, -0.2) is 0 Å². The van der Waals surface area contributed by atoms with E-state index in [2.05, 4.69) is 25.9 Å². The molecule has 2 rings (SSSR count). The number of anilines is 1. The summed E-state index contributed by atoms with van der Waals surface area (Å²) in [6.07, 6.45) is 0. The minimum atomic E-state index is -0.665. The Morgan fingerprint density at radius 1 is 1.55 bits per heavy atom. The molecule has 0 fully saturated rings. The summed E-state index contributed by atoms with van der Waals surface area (Å²) in [7, 11) is 0. The van der Waals surface area contributed by atoms with Crippen molar-refractivity contribution < 1.29 is 9.72 Å².